The van der Waals surface area contributed by atoms with Crippen LogP contribution < -0.4 is 5.73 Å². The van der Waals surface area contributed by atoms with Crippen molar-refractivity contribution >= 4 is 0 Å². The molecular weight excluding hydrogens is 148 g/mol. The van der Waals surface area contributed by atoms with Crippen LogP contribution in [-0.2, 0) is 0 Å². The summed E-state index contributed by atoms with van der Waals surface area (Å²) in [5.41, 5.74) is 5.96. The zero-order chi connectivity index (χ0) is 8.55. The molecule has 0 aromatic carbocycles. The summed E-state index contributed by atoms with van der Waals surface area (Å²) in [5, 5.41) is 0. The molecule has 0 radical (unpaired) electrons. The first-order valence-corrected chi connectivity index (χ1v) is 5.27. The lowest BCUT2D eigenvalue weighted by Gasteiger charge is -2.28. The van der Waals surface area contributed by atoms with Gasteiger partial charge in [0.05, 0.1) is 0 Å². The van der Waals surface area contributed by atoms with Crippen LogP contribution >= 0.6 is 0 Å². The number of hydrogen-bond acceptors (Lipinski definition) is 2. The average molecular weight is 168 g/mol. The van der Waals surface area contributed by atoms with E-state index in [9.17, 15) is 0 Å². The van der Waals surface area contributed by atoms with Gasteiger partial charge in [-0.3, -0.25) is 0 Å². The molecule has 3 atom stereocenters. The molecule has 2 aliphatic rings. The zero-order valence-electron chi connectivity index (χ0n) is 8.00. The Bertz CT molecular complexity index is 158. The molecule has 0 amide bonds. The standard InChI is InChI=1S/C10H20N2/c1-2-12-6-8-3-4-10(11)5-9(8)7-12/h8-10H,2-7,11H2,1H3. The molecule has 2 nitrogen and oxygen atoms in total. The van der Waals surface area contributed by atoms with Crippen molar-refractivity contribution in [1.29, 1.82) is 0 Å². The minimum Gasteiger partial charge on any atom is -0.328 e. The van der Waals surface area contributed by atoms with Crippen LogP contribution in [0.25, 0.3) is 0 Å². The second-order valence-corrected chi connectivity index (χ2v) is 4.45. The van der Waals surface area contributed by atoms with E-state index in [1.807, 2.05) is 0 Å². The molecule has 0 bridgehead atoms. The van der Waals surface area contributed by atoms with Gasteiger partial charge in [-0.1, -0.05) is 6.92 Å². The van der Waals surface area contributed by atoms with Gasteiger partial charge in [0.25, 0.3) is 0 Å². The quantitative estimate of drug-likeness (QED) is 0.634. The van der Waals surface area contributed by atoms with Crippen LogP contribution in [0.4, 0.5) is 0 Å². The van der Waals surface area contributed by atoms with Crippen molar-refractivity contribution in [2.45, 2.75) is 32.2 Å². The van der Waals surface area contributed by atoms with Crippen molar-refractivity contribution in [2.24, 2.45) is 17.6 Å². The first-order chi connectivity index (χ1) is 5.79. The molecule has 3 unspecified atom stereocenters. The van der Waals surface area contributed by atoms with E-state index in [4.69, 9.17) is 5.73 Å². The molecule has 0 spiro atoms. The largest absolute Gasteiger partial charge is 0.328 e. The molecule has 0 aromatic rings. The second kappa shape index (κ2) is 3.35. The summed E-state index contributed by atoms with van der Waals surface area (Å²) in [6, 6.07) is 0.503. The predicted octanol–water partition coefficient (Wildman–Crippen LogP) is 1.07. The lowest BCUT2D eigenvalue weighted by Crippen LogP contribution is -2.32. The Kier molecular flexibility index (Phi) is 2.37. The first kappa shape index (κ1) is 8.52. The second-order valence-electron chi connectivity index (χ2n) is 4.45. The lowest BCUT2D eigenvalue weighted by atomic mass is 9.79. The number of nitrogens with two attached hydrogens (primary N) is 1. The Morgan fingerprint density at radius 3 is 2.75 bits per heavy atom. The van der Waals surface area contributed by atoms with Gasteiger partial charge >= 0.3 is 0 Å². The molecule has 2 heteroatoms. The van der Waals surface area contributed by atoms with Gasteiger partial charge < -0.3 is 10.6 Å². The number of likely N-dealkylation sites (tertiary alicyclic amines) is 1. The van der Waals surface area contributed by atoms with E-state index in [-0.39, 0.29) is 0 Å². The van der Waals surface area contributed by atoms with Crippen molar-refractivity contribution in [2.75, 3.05) is 19.6 Å². The van der Waals surface area contributed by atoms with E-state index in [1.54, 1.807) is 0 Å². The van der Waals surface area contributed by atoms with Crippen molar-refractivity contribution in [1.82, 2.24) is 4.90 Å². The molecule has 1 saturated carbocycles. The molecule has 1 saturated heterocycles. The SMILES string of the molecule is CCN1CC2CCC(N)CC2C1. The van der Waals surface area contributed by atoms with Crippen molar-refractivity contribution in [3.63, 3.8) is 0 Å². The van der Waals surface area contributed by atoms with Crippen LogP contribution in [0.15, 0.2) is 0 Å². The highest BCUT2D eigenvalue weighted by Gasteiger charge is 2.35. The maximum atomic E-state index is 5.96. The van der Waals surface area contributed by atoms with Gasteiger partial charge in [0, 0.05) is 19.1 Å². The fourth-order valence-corrected chi connectivity index (χ4v) is 2.82. The van der Waals surface area contributed by atoms with Crippen LogP contribution in [0, 0.1) is 11.8 Å². The topological polar surface area (TPSA) is 29.3 Å². The van der Waals surface area contributed by atoms with Crippen molar-refractivity contribution in [3.05, 3.63) is 0 Å². The normalized spacial score (nSPS) is 43.0. The van der Waals surface area contributed by atoms with E-state index < -0.39 is 0 Å². The van der Waals surface area contributed by atoms with E-state index in [0.29, 0.717) is 6.04 Å². The Hall–Kier alpha value is -0.0800. The highest BCUT2D eigenvalue weighted by molar-refractivity contribution is 4.90. The summed E-state index contributed by atoms with van der Waals surface area (Å²) >= 11 is 0. The summed E-state index contributed by atoms with van der Waals surface area (Å²) in [7, 11) is 0. The number of nitrogens with zero attached hydrogens (tertiary/aromatic N) is 1. The van der Waals surface area contributed by atoms with Crippen LogP contribution in [0.1, 0.15) is 26.2 Å². The predicted molar refractivity (Wildman–Crippen MR) is 50.9 cm³/mol. The molecule has 2 rings (SSSR count). The van der Waals surface area contributed by atoms with Crippen molar-refractivity contribution in [3.8, 4) is 0 Å². The molecule has 12 heavy (non-hydrogen) atoms. The summed E-state index contributed by atoms with van der Waals surface area (Å²) in [6.45, 7) is 6.14. The Balaban J connectivity index is 1.93. The molecule has 1 aliphatic carbocycles. The van der Waals surface area contributed by atoms with Gasteiger partial charge in [0.1, 0.15) is 0 Å². The average Bonchev–Trinajstić information content (AvgIpc) is 2.46. The third-order valence-corrected chi connectivity index (χ3v) is 3.61. The third kappa shape index (κ3) is 1.50. The number of rotatable bonds is 1. The Morgan fingerprint density at radius 1 is 1.25 bits per heavy atom. The number of fused-ring (bicyclic) bond motifs is 1. The molecular formula is C10H20N2. The number of hydrogen-bond donors (Lipinski definition) is 1. The maximum absolute atomic E-state index is 5.96. The van der Waals surface area contributed by atoms with Crippen LogP contribution in [0.3, 0.4) is 0 Å². The fourth-order valence-electron chi connectivity index (χ4n) is 2.82. The first-order valence-electron chi connectivity index (χ1n) is 5.27. The molecule has 70 valence electrons. The molecule has 2 N–H and O–H groups in total. The lowest BCUT2D eigenvalue weighted by molar-refractivity contribution is 0.271. The summed E-state index contributed by atoms with van der Waals surface area (Å²) in [5.74, 6) is 1.90. The van der Waals surface area contributed by atoms with E-state index >= 15 is 0 Å². The maximum Gasteiger partial charge on any atom is 0.00421 e. The summed E-state index contributed by atoms with van der Waals surface area (Å²) < 4.78 is 0. The van der Waals surface area contributed by atoms with Crippen LogP contribution in [-0.4, -0.2) is 30.6 Å². The van der Waals surface area contributed by atoms with E-state index in [2.05, 4.69) is 11.8 Å². The van der Waals surface area contributed by atoms with Gasteiger partial charge in [0.2, 0.25) is 0 Å². The molecule has 1 heterocycles. The summed E-state index contributed by atoms with van der Waals surface area (Å²) in [4.78, 5) is 2.58. The highest BCUT2D eigenvalue weighted by Crippen LogP contribution is 2.35. The molecule has 2 fully saturated rings. The minimum absolute atomic E-state index is 0.503. The Morgan fingerprint density at radius 2 is 2.00 bits per heavy atom. The van der Waals surface area contributed by atoms with Crippen molar-refractivity contribution < 1.29 is 0 Å². The van der Waals surface area contributed by atoms with Crippen LogP contribution in [0.5, 0.6) is 0 Å². The van der Waals surface area contributed by atoms with Gasteiger partial charge in [0.15, 0.2) is 0 Å². The summed E-state index contributed by atoms with van der Waals surface area (Å²) in [6.07, 6.45) is 3.92. The smallest absolute Gasteiger partial charge is 0.00421 e. The molecule has 0 aromatic heterocycles. The minimum atomic E-state index is 0.503. The Labute approximate surface area is 75.1 Å². The van der Waals surface area contributed by atoms with Crippen LogP contribution in [0.2, 0.25) is 0 Å². The van der Waals surface area contributed by atoms with Gasteiger partial charge in [-0.05, 0) is 37.6 Å². The van der Waals surface area contributed by atoms with Gasteiger partial charge in [-0.2, -0.15) is 0 Å². The monoisotopic (exact) mass is 168 g/mol. The third-order valence-electron chi connectivity index (χ3n) is 3.61. The fraction of sp³-hybridized carbons (Fsp3) is 1.00. The molecule has 1 aliphatic heterocycles. The van der Waals surface area contributed by atoms with E-state index in [1.165, 1.54) is 38.9 Å². The van der Waals surface area contributed by atoms with Gasteiger partial charge in [-0.25, -0.2) is 0 Å². The highest BCUT2D eigenvalue weighted by atomic mass is 15.1. The van der Waals surface area contributed by atoms with E-state index in [0.717, 1.165) is 11.8 Å². The zero-order valence-corrected chi connectivity index (χ0v) is 8.00. The van der Waals surface area contributed by atoms with Gasteiger partial charge in [-0.15, -0.1) is 0 Å².